The average molecular weight is 285 g/mol. The lowest BCUT2D eigenvalue weighted by Crippen LogP contribution is -2.08. The molecule has 1 saturated heterocycles. The molecule has 1 N–H and O–H groups in total. The second kappa shape index (κ2) is 6.41. The summed E-state index contributed by atoms with van der Waals surface area (Å²) in [5.74, 6) is 0.474. The summed E-state index contributed by atoms with van der Waals surface area (Å²) in [5, 5.41) is 3.26. The van der Waals surface area contributed by atoms with Crippen LogP contribution in [0, 0.1) is 5.92 Å². The Balaban J connectivity index is 2.07. The number of ether oxygens (including phenoxy) is 1. The summed E-state index contributed by atoms with van der Waals surface area (Å²) in [6.07, 6.45) is 0.469. The highest BCUT2D eigenvalue weighted by Crippen LogP contribution is 2.30. The summed E-state index contributed by atoms with van der Waals surface area (Å²) < 4.78 is 42.8. The molecule has 2 nitrogen and oxygen atoms in total. The summed E-state index contributed by atoms with van der Waals surface area (Å²) in [5.41, 5.74) is 0.0859. The van der Waals surface area contributed by atoms with E-state index in [1.54, 1.807) is 7.11 Å². The normalized spacial score (nSPS) is 21.5. The van der Waals surface area contributed by atoms with Crippen LogP contribution in [-0.4, -0.2) is 20.2 Å². The van der Waals surface area contributed by atoms with Crippen molar-refractivity contribution in [3.05, 3.63) is 47.5 Å². The van der Waals surface area contributed by atoms with E-state index in [0.717, 1.165) is 37.2 Å². The number of nitrogens with one attached hydrogen (secondary N) is 1. The van der Waals surface area contributed by atoms with E-state index in [1.807, 2.05) is 6.08 Å². The number of halogens is 3. The molecule has 1 aliphatic heterocycles. The first-order chi connectivity index (χ1) is 9.50. The minimum atomic E-state index is -4.30. The third-order valence-corrected chi connectivity index (χ3v) is 3.48. The van der Waals surface area contributed by atoms with Gasteiger partial charge >= 0.3 is 6.18 Å². The van der Waals surface area contributed by atoms with E-state index in [2.05, 4.69) is 11.4 Å². The predicted octanol–water partition coefficient (Wildman–Crippen LogP) is 3.56. The number of rotatable bonds is 4. The van der Waals surface area contributed by atoms with Gasteiger partial charge in [0.05, 0.1) is 5.56 Å². The highest BCUT2D eigenvalue weighted by molar-refractivity contribution is 5.28. The van der Waals surface area contributed by atoms with Crippen LogP contribution in [-0.2, 0) is 10.9 Å². The van der Waals surface area contributed by atoms with E-state index in [0.29, 0.717) is 5.92 Å². The Labute approximate surface area is 116 Å². The van der Waals surface area contributed by atoms with Crippen molar-refractivity contribution in [3.63, 3.8) is 0 Å². The highest BCUT2D eigenvalue weighted by atomic mass is 19.4. The van der Waals surface area contributed by atoms with Crippen LogP contribution in [0.5, 0.6) is 0 Å². The van der Waals surface area contributed by atoms with Crippen molar-refractivity contribution in [2.75, 3.05) is 20.2 Å². The summed E-state index contributed by atoms with van der Waals surface area (Å²) in [7, 11) is 1.56. The molecule has 110 valence electrons. The van der Waals surface area contributed by atoms with Gasteiger partial charge in [0.15, 0.2) is 0 Å². The number of hydrogen-bond acceptors (Lipinski definition) is 2. The third kappa shape index (κ3) is 3.84. The van der Waals surface area contributed by atoms with Gasteiger partial charge in [-0.1, -0.05) is 24.3 Å². The molecule has 1 aliphatic rings. The summed E-state index contributed by atoms with van der Waals surface area (Å²) >= 11 is 0. The molecule has 0 aliphatic carbocycles. The Morgan fingerprint density at radius 2 is 2.00 bits per heavy atom. The fraction of sp³-hybridized carbons (Fsp3) is 0.467. The van der Waals surface area contributed by atoms with Gasteiger partial charge in [0.1, 0.15) is 6.10 Å². The Hall–Kier alpha value is -1.33. The maximum Gasteiger partial charge on any atom is 0.416 e. The Morgan fingerprint density at radius 1 is 1.30 bits per heavy atom. The molecule has 0 radical (unpaired) electrons. The first-order valence-electron chi connectivity index (χ1n) is 6.59. The molecule has 20 heavy (non-hydrogen) atoms. The van der Waals surface area contributed by atoms with E-state index in [4.69, 9.17) is 4.74 Å². The molecule has 5 heteroatoms. The van der Waals surface area contributed by atoms with E-state index in [-0.39, 0.29) is 6.10 Å². The van der Waals surface area contributed by atoms with E-state index in [1.165, 1.54) is 12.1 Å². The molecule has 1 aromatic carbocycles. The number of hydrogen-bond donors (Lipinski definition) is 1. The number of alkyl halides is 3. The van der Waals surface area contributed by atoms with Gasteiger partial charge in [-0.3, -0.25) is 0 Å². The van der Waals surface area contributed by atoms with Crippen LogP contribution in [0.3, 0.4) is 0 Å². The van der Waals surface area contributed by atoms with Crippen LogP contribution in [0.25, 0.3) is 0 Å². The Bertz CT molecular complexity index is 447. The zero-order chi connectivity index (χ0) is 14.6. The molecule has 2 atom stereocenters. The monoisotopic (exact) mass is 285 g/mol. The largest absolute Gasteiger partial charge is 0.416 e. The van der Waals surface area contributed by atoms with Crippen LogP contribution in [0.2, 0.25) is 0 Å². The van der Waals surface area contributed by atoms with E-state index >= 15 is 0 Å². The van der Waals surface area contributed by atoms with Gasteiger partial charge in [-0.15, -0.1) is 0 Å². The molecule has 0 aromatic heterocycles. The maximum atomic E-state index is 12.5. The lowest BCUT2D eigenvalue weighted by atomic mass is 10.0. The van der Waals surface area contributed by atoms with Crippen molar-refractivity contribution in [2.45, 2.75) is 18.7 Å². The quantitative estimate of drug-likeness (QED) is 0.854. The third-order valence-electron chi connectivity index (χ3n) is 3.48. The second-order valence-electron chi connectivity index (χ2n) is 4.91. The molecule has 0 bridgehead atoms. The molecule has 0 amide bonds. The van der Waals surface area contributed by atoms with Crippen LogP contribution < -0.4 is 5.32 Å². The molecule has 0 spiro atoms. The summed E-state index contributed by atoms with van der Waals surface area (Å²) in [6.45, 7) is 1.95. The van der Waals surface area contributed by atoms with Crippen LogP contribution in [0.15, 0.2) is 36.4 Å². The highest BCUT2D eigenvalue weighted by Gasteiger charge is 2.30. The smallest absolute Gasteiger partial charge is 0.373 e. The standard InChI is InChI=1S/C15H18F3NO/c1-20-14(7-2-11-8-9-19-10-11)12-3-5-13(6-4-12)15(16,17)18/h2-7,11,14,19H,8-10H2,1H3/b7-2-. The van der Waals surface area contributed by atoms with Gasteiger partial charge < -0.3 is 10.1 Å². The van der Waals surface area contributed by atoms with Crippen molar-refractivity contribution in [3.8, 4) is 0 Å². The van der Waals surface area contributed by atoms with Gasteiger partial charge in [0.25, 0.3) is 0 Å². The van der Waals surface area contributed by atoms with Crippen molar-refractivity contribution in [1.82, 2.24) is 5.32 Å². The fourth-order valence-electron chi connectivity index (χ4n) is 2.29. The zero-order valence-electron chi connectivity index (χ0n) is 11.3. The van der Waals surface area contributed by atoms with Gasteiger partial charge in [0.2, 0.25) is 0 Å². The second-order valence-corrected chi connectivity index (χ2v) is 4.91. The first-order valence-corrected chi connectivity index (χ1v) is 6.59. The van der Waals surface area contributed by atoms with Gasteiger partial charge in [0, 0.05) is 13.7 Å². The van der Waals surface area contributed by atoms with Crippen molar-refractivity contribution >= 4 is 0 Å². The molecule has 2 unspecified atom stereocenters. The van der Waals surface area contributed by atoms with Crippen molar-refractivity contribution < 1.29 is 17.9 Å². The van der Waals surface area contributed by atoms with Crippen LogP contribution >= 0.6 is 0 Å². The number of methoxy groups -OCH3 is 1. The zero-order valence-corrected chi connectivity index (χ0v) is 11.3. The molecule has 0 saturated carbocycles. The molecule has 1 aromatic rings. The SMILES string of the molecule is COC(/C=C\C1CCNC1)c1ccc(C(F)(F)F)cc1. The molecule has 1 heterocycles. The van der Waals surface area contributed by atoms with Crippen molar-refractivity contribution in [2.24, 2.45) is 5.92 Å². The van der Waals surface area contributed by atoms with Crippen molar-refractivity contribution in [1.29, 1.82) is 0 Å². The van der Waals surface area contributed by atoms with Crippen LogP contribution in [0.4, 0.5) is 13.2 Å². The lowest BCUT2D eigenvalue weighted by Gasteiger charge is -2.14. The molecule has 2 rings (SSSR count). The molecular weight excluding hydrogens is 267 g/mol. The Morgan fingerprint density at radius 3 is 2.50 bits per heavy atom. The fourth-order valence-corrected chi connectivity index (χ4v) is 2.29. The predicted molar refractivity (Wildman–Crippen MR) is 71.3 cm³/mol. The summed E-state index contributed by atoms with van der Waals surface area (Å²) in [6, 6.07) is 5.11. The van der Waals surface area contributed by atoms with Crippen LogP contribution in [0.1, 0.15) is 23.7 Å². The first kappa shape index (κ1) is 15.1. The minimum Gasteiger partial charge on any atom is -0.373 e. The maximum absolute atomic E-state index is 12.5. The van der Waals surface area contributed by atoms with E-state index < -0.39 is 11.7 Å². The number of benzene rings is 1. The molecular formula is C15H18F3NO. The topological polar surface area (TPSA) is 21.3 Å². The Kier molecular flexibility index (Phi) is 4.83. The molecule has 1 fully saturated rings. The van der Waals surface area contributed by atoms with Gasteiger partial charge in [-0.05, 0) is 36.6 Å². The average Bonchev–Trinajstić information content (AvgIpc) is 2.92. The lowest BCUT2D eigenvalue weighted by molar-refractivity contribution is -0.137. The van der Waals surface area contributed by atoms with E-state index in [9.17, 15) is 13.2 Å². The van der Waals surface area contributed by atoms with Gasteiger partial charge in [-0.2, -0.15) is 13.2 Å². The summed E-state index contributed by atoms with van der Waals surface area (Å²) in [4.78, 5) is 0. The minimum absolute atomic E-state index is 0.308. The van der Waals surface area contributed by atoms with Gasteiger partial charge in [-0.25, -0.2) is 0 Å².